The number of hydrogen-bond acceptors (Lipinski definition) is 2. The van der Waals surface area contributed by atoms with Crippen LogP contribution < -0.4 is 0 Å². The topological polar surface area (TPSA) is 40.5 Å². The molecule has 0 spiro atoms. The summed E-state index contributed by atoms with van der Waals surface area (Å²) in [6, 6.07) is 1.60. The fourth-order valence-electron chi connectivity index (χ4n) is 7.13. The molecule has 1 aromatic rings. The van der Waals surface area contributed by atoms with E-state index in [9.17, 15) is 18.7 Å². The number of nitrogens with zero attached hydrogens (tertiary/aromatic N) is 1. The van der Waals surface area contributed by atoms with E-state index in [1.165, 1.54) is 64.2 Å². The zero-order chi connectivity index (χ0) is 24.1. The smallest absolute Gasteiger partial charge is 0.303 e. The van der Waals surface area contributed by atoms with Crippen molar-refractivity contribution in [1.82, 2.24) is 4.90 Å². The molecule has 0 aliphatic heterocycles. The molecule has 0 saturated heterocycles. The van der Waals surface area contributed by atoms with E-state index in [4.69, 9.17) is 0 Å². The van der Waals surface area contributed by atoms with Crippen LogP contribution in [0.15, 0.2) is 12.1 Å². The number of carboxylic acid groups (broad SMARTS) is 1. The van der Waals surface area contributed by atoms with E-state index in [1.54, 1.807) is 0 Å². The van der Waals surface area contributed by atoms with Crippen LogP contribution in [0.3, 0.4) is 0 Å². The number of benzene rings is 1. The summed E-state index contributed by atoms with van der Waals surface area (Å²) < 4.78 is 43.2. The molecule has 3 nitrogen and oxygen atoms in total. The Morgan fingerprint density at radius 3 is 1.88 bits per heavy atom. The lowest BCUT2D eigenvalue weighted by atomic mass is 9.69. The third-order valence-electron chi connectivity index (χ3n) is 8.74. The van der Waals surface area contributed by atoms with E-state index < -0.39 is 29.3 Å². The van der Waals surface area contributed by atoms with E-state index in [-0.39, 0.29) is 23.9 Å². The van der Waals surface area contributed by atoms with Gasteiger partial charge in [0.1, 0.15) is 5.82 Å². The molecular weight excluding hydrogens is 439 g/mol. The zero-order valence-corrected chi connectivity index (χ0v) is 20.3. The molecule has 0 aromatic heterocycles. The zero-order valence-electron chi connectivity index (χ0n) is 20.3. The Kier molecular flexibility index (Phi) is 8.95. The fourth-order valence-corrected chi connectivity index (χ4v) is 7.13. The van der Waals surface area contributed by atoms with Crippen molar-refractivity contribution >= 4 is 5.97 Å². The minimum absolute atomic E-state index is 0.0404. The summed E-state index contributed by atoms with van der Waals surface area (Å²) in [4.78, 5) is 14.3. The molecule has 3 atom stereocenters. The molecule has 3 aliphatic rings. The van der Waals surface area contributed by atoms with Crippen molar-refractivity contribution in [3.63, 3.8) is 0 Å². The molecule has 4 rings (SSSR count). The number of halogens is 3. The molecule has 6 heteroatoms. The Hall–Kier alpha value is -1.56. The minimum Gasteiger partial charge on any atom is -0.481 e. The van der Waals surface area contributed by atoms with E-state index in [0.29, 0.717) is 24.3 Å². The van der Waals surface area contributed by atoms with Gasteiger partial charge in [-0.25, -0.2) is 13.2 Å². The number of hydrogen-bond donors (Lipinski definition) is 1. The summed E-state index contributed by atoms with van der Waals surface area (Å²) in [5, 5.41) is 9.60. The molecule has 0 heterocycles. The van der Waals surface area contributed by atoms with Gasteiger partial charge < -0.3 is 5.11 Å². The van der Waals surface area contributed by atoms with Crippen LogP contribution in [0.4, 0.5) is 13.2 Å². The first-order chi connectivity index (χ1) is 16.4. The number of aliphatic carboxylic acids is 1. The van der Waals surface area contributed by atoms with Gasteiger partial charge in [0.05, 0.1) is 0 Å². The molecule has 1 N–H and O–H groups in total. The molecule has 34 heavy (non-hydrogen) atoms. The quantitative estimate of drug-likeness (QED) is 0.398. The van der Waals surface area contributed by atoms with Crippen molar-refractivity contribution in [2.45, 2.75) is 102 Å². The van der Waals surface area contributed by atoms with E-state index >= 15 is 4.39 Å². The standard InChI is InChI=1S/C28H40F3NO2/c29-23-16-25(31)24(30)15-22(23)28-21(14-27(33)34)12-7-13-26(28)32(17-19-8-3-1-4-9-19)18-20-10-5-2-6-11-20/h15-16,19-21,26,28H,1-14,17-18H2,(H,33,34). The van der Waals surface area contributed by atoms with E-state index in [0.717, 1.165) is 32.0 Å². The van der Waals surface area contributed by atoms with Crippen LogP contribution in [-0.4, -0.2) is 35.1 Å². The largest absolute Gasteiger partial charge is 0.481 e. The third kappa shape index (κ3) is 6.35. The summed E-state index contributed by atoms with van der Waals surface area (Å²) in [6.07, 6.45) is 14.7. The molecule has 0 amide bonds. The Labute approximate surface area is 202 Å². The van der Waals surface area contributed by atoms with Crippen LogP contribution in [0, 0.1) is 35.2 Å². The highest BCUT2D eigenvalue weighted by atomic mass is 19.2. The first-order valence-corrected chi connectivity index (χ1v) is 13.5. The molecule has 1 aromatic carbocycles. The van der Waals surface area contributed by atoms with Crippen molar-refractivity contribution in [3.05, 3.63) is 35.1 Å². The van der Waals surface area contributed by atoms with Gasteiger partial charge in [-0.05, 0) is 67.9 Å². The van der Waals surface area contributed by atoms with Crippen molar-refractivity contribution in [1.29, 1.82) is 0 Å². The summed E-state index contributed by atoms with van der Waals surface area (Å²) in [5.41, 5.74) is 0.159. The molecule has 3 saturated carbocycles. The second kappa shape index (κ2) is 11.9. The van der Waals surface area contributed by atoms with Crippen LogP contribution in [0.1, 0.15) is 101 Å². The summed E-state index contributed by atoms with van der Waals surface area (Å²) in [6.45, 7) is 1.89. The average molecular weight is 480 g/mol. The van der Waals surface area contributed by atoms with Crippen molar-refractivity contribution in [3.8, 4) is 0 Å². The average Bonchev–Trinajstić information content (AvgIpc) is 2.82. The van der Waals surface area contributed by atoms with E-state index in [2.05, 4.69) is 4.90 Å². The lowest BCUT2D eigenvalue weighted by Gasteiger charge is -2.47. The molecule has 3 aliphatic carbocycles. The maximum atomic E-state index is 15.1. The van der Waals surface area contributed by atoms with Gasteiger partial charge in [0.15, 0.2) is 11.6 Å². The summed E-state index contributed by atoms with van der Waals surface area (Å²) >= 11 is 0. The Morgan fingerprint density at radius 2 is 1.32 bits per heavy atom. The van der Waals surface area contributed by atoms with Crippen LogP contribution in [0.2, 0.25) is 0 Å². The second-order valence-corrected chi connectivity index (χ2v) is 11.1. The lowest BCUT2D eigenvalue weighted by molar-refractivity contribution is -0.138. The molecule has 0 radical (unpaired) electrons. The van der Waals surface area contributed by atoms with Gasteiger partial charge in [-0.15, -0.1) is 0 Å². The minimum atomic E-state index is -1.19. The third-order valence-corrected chi connectivity index (χ3v) is 8.74. The molecule has 190 valence electrons. The SMILES string of the molecule is O=C(O)CC1CCCC(N(CC2CCCCC2)CC2CCCCC2)C1c1cc(F)c(F)cc1F. The number of carbonyl (C=O) groups is 1. The van der Waals surface area contributed by atoms with Gasteiger partial charge in [0, 0.05) is 37.5 Å². The highest BCUT2D eigenvalue weighted by Gasteiger charge is 2.41. The Bertz CT molecular complexity index is 800. The Morgan fingerprint density at radius 1 is 0.765 bits per heavy atom. The van der Waals surface area contributed by atoms with Gasteiger partial charge in [-0.1, -0.05) is 44.9 Å². The highest BCUT2D eigenvalue weighted by Crippen LogP contribution is 2.45. The van der Waals surface area contributed by atoms with Gasteiger partial charge in [0.25, 0.3) is 0 Å². The first kappa shape index (κ1) is 25.5. The van der Waals surface area contributed by atoms with Crippen LogP contribution in [0.5, 0.6) is 0 Å². The molecule has 3 fully saturated rings. The predicted molar refractivity (Wildman–Crippen MR) is 127 cm³/mol. The van der Waals surface area contributed by atoms with Crippen molar-refractivity contribution in [2.75, 3.05) is 13.1 Å². The van der Waals surface area contributed by atoms with Gasteiger partial charge in [-0.3, -0.25) is 9.69 Å². The predicted octanol–water partition coefficient (Wildman–Crippen LogP) is 7.29. The highest BCUT2D eigenvalue weighted by molar-refractivity contribution is 5.67. The first-order valence-electron chi connectivity index (χ1n) is 13.5. The van der Waals surface area contributed by atoms with Gasteiger partial charge >= 0.3 is 5.97 Å². The van der Waals surface area contributed by atoms with Gasteiger partial charge in [0.2, 0.25) is 0 Å². The van der Waals surface area contributed by atoms with E-state index in [1.807, 2.05) is 0 Å². The fraction of sp³-hybridized carbons (Fsp3) is 0.750. The van der Waals surface area contributed by atoms with Gasteiger partial charge in [-0.2, -0.15) is 0 Å². The second-order valence-electron chi connectivity index (χ2n) is 11.1. The van der Waals surface area contributed by atoms with Crippen molar-refractivity contribution < 1.29 is 23.1 Å². The maximum absolute atomic E-state index is 15.1. The molecule has 0 bridgehead atoms. The van der Waals surface area contributed by atoms with Crippen LogP contribution >= 0.6 is 0 Å². The van der Waals surface area contributed by atoms with Crippen molar-refractivity contribution in [2.24, 2.45) is 17.8 Å². The lowest BCUT2D eigenvalue weighted by Crippen LogP contribution is -2.49. The summed E-state index contributed by atoms with van der Waals surface area (Å²) in [7, 11) is 0. The van der Waals surface area contributed by atoms with Crippen LogP contribution in [0.25, 0.3) is 0 Å². The normalized spacial score (nSPS) is 27.2. The number of rotatable bonds is 8. The summed E-state index contributed by atoms with van der Waals surface area (Å²) in [5.74, 6) is -3.42. The number of carboxylic acids is 1. The maximum Gasteiger partial charge on any atom is 0.303 e. The molecule has 3 unspecified atom stereocenters. The monoisotopic (exact) mass is 479 g/mol. The molecular formula is C28H40F3NO2. The van der Waals surface area contributed by atoms with Crippen LogP contribution in [-0.2, 0) is 4.79 Å². The Balaban J connectivity index is 1.67.